The number of hydrogen-bond acceptors (Lipinski definition) is 4. The highest BCUT2D eigenvalue weighted by Gasteiger charge is 2.32. The lowest BCUT2D eigenvalue weighted by Crippen LogP contribution is -2.29. The molecule has 2 heterocycles. The van der Waals surface area contributed by atoms with Gasteiger partial charge in [0.2, 0.25) is 5.91 Å². The molecule has 2 amide bonds. The number of thioether (sulfide) groups is 1. The zero-order valence-electron chi connectivity index (χ0n) is 17.6. The molecular formula is C24H28ClN3O2S. The molecule has 31 heavy (non-hydrogen) atoms. The van der Waals surface area contributed by atoms with E-state index >= 15 is 0 Å². The first-order valence-corrected chi connectivity index (χ1v) is 12.3. The number of rotatable bonds is 8. The van der Waals surface area contributed by atoms with E-state index in [2.05, 4.69) is 10.2 Å². The van der Waals surface area contributed by atoms with Crippen molar-refractivity contribution < 1.29 is 9.59 Å². The van der Waals surface area contributed by atoms with Crippen LogP contribution in [-0.4, -0.2) is 53.5 Å². The third kappa shape index (κ3) is 5.82. The summed E-state index contributed by atoms with van der Waals surface area (Å²) in [5, 5.41) is 3.67. The molecule has 0 spiro atoms. The molecule has 0 aromatic heterocycles. The number of benzene rings is 2. The van der Waals surface area contributed by atoms with Crippen LogP contribution < -0.4 is 5.32 Å². The van der Waals surface area contributed by atoms with E-state index in [1.165, 1.54) is 25.9 Å². The summed E-state index contributed by atoms with van der Waals surface area (Å²) in [6.45, 7) is 4.67. The Kier molecular flexibility index (Phi) is 7.54. The minimum Gasteiger partial charge on any atom is -0.352 e. The standard InChI is InChI=1S/C24H28ClN3O2S/c25-21-10-4-18(5-11-21)16-28-22(29)17-31-24(28)20-8-6-19(7-9-20)23(30)26-12-3-15-27-13-1-2-14-27/h4-11,24H,1-3,12-17H2,(H,26,30). The van der Waals surface area contributed by atoms with E-state index < -0.39 is 0 Å². The van der Waals surface area contributed by atoms with Gasteiger partial charge in [-0.25, -0.2) is 0 Å². The average molecular weight is 458 g/mol. The maximum Gasteiger partial charge on any atom is 0.251 e. The topological polar surface area (TPSA) is 52.7 Å². The summed E-state index contributed by atoms with van der Waals surface area (Å²) < 4.78 is 0. The van der Waals surface area contributed by atoms with Gasteiger partial charge in [0, 0.05) is 23.7 Å². The molecule has 2 aliphatic rings. The van der Waals surface area contributed by atoms with Gasteiger partial charge in [-0.15, -0.1) is 11.8 Å². The summed E-state index contributed by atoms with van der Waals surface area (Å²) in [6.07, 6.45) is 3.56. The quantitative estimate of drug-likeness (QED) is 0.599. The van der Waals surface area contributed by atoms with Crippen molar-refractivity contribution in [1.82, 2.24) is 15.1 Å². The first kappa shape index (κ1) is 22.2. The van der Waals surface area contributed by atoms with Crippen LogP contribution in [0.15, 0.2) is 48.5 Å². The molecule has 1 unspecified atom stereocenters. The Hall–Kier alpha value is -2.02. The molecule has 7 heteroatoms. The van der Waals surface area contributed by atoms with Gasteiger partial charge in [-0.1, -0.05) is 35.9 Å². The number of amides is 2. The fourth-order valence-corrected chi connectivity index (χ4v) is 5.41. The summed E-state index contributed by atoms with van der Waals surface area (Å²) in [7, 11) is 0. The van der Waals surface area contributed by atoms with E-state index in [1.54, 1.807) is 11.8 Å². The van der Waals surface area contributed by atoms with Crippen molar-refractivity contribution in [3.8, 4) is 0 Å². The Labute approximate surface area is 193 Å². The molecule has 2 aliphatic heterocycles. The highest BCUT2D eigenvalue weighted by atomic mass is 35.5. The Morgan fingerprint density at radius 3 is 2.48 bits per heavy atom. The lowest BCUT2D eigenvalue weighted by molar-refractivity contribution is -0.128. The zero-order valence-corrected chi connectivity index (χ0v) is 19.1. The molecule has 2 saturated heterocycles. The van der Waals surface area contributed by atoms with Gasteiger partial charge >= 0.3 is 0 Å². The number of halogens is 1. The molecule has 0 saturated carbocycles. The van der Waals surface area contributed by atoms with Gasteiger partial charge in [0.1, 0.15) is 5.37 Å². The molecule has 2 fully saturated rings. The summed E-state index contributed by atoms with van der Waals surface area (Å²) in [5.74, 6) is 0.559. The fourth-order valence-electron chi connectivity index (χ4n) is 4.10. The molecule has 4 rings (SSSR count). The largest absolute Gasteiger partial charge is 0.352 e. The molecule has 1 atom stereocenters. The van der Waals surface area contributed by atoms with Gasteiger partial charge in [-0.05, 0) is 74.3 Å². The lowest BCUT2D eigenvalue weighted by atomic mass is 10.1. The number of hydrogen-bond donors (Lipinski definition) is 1. The molecule has 2 aromatic rings. The Morgan fingerprint density at radius 1 is 1.06 bits per heavy atom. The SMILES string of the molecule is O=C(NCCCN1CCCC1)c1ccc(C2SCC(=O)N2Cc2ccc(Cl)cc2)cc1. The fraction of sp³-hybridized carbons (Fsp3) is 0.417. The van der Waals surface area contributed by atoms with Gasteiger partial charge < -0.3 is 15.1 Å². The Morgan fingerprint density at radius 2 is 1.77 bits per heavy atom. The maximum absolute atomic E-state index is 12.5. The van der Waals surface area contributed by atoms with E-state index in [-0.39, 0.29) is 17.2 Å². The highest BCUT2D eigenvalue weighted by Crippen LogP contribution is 2.39. The van der Waals surface area contributed by atoms with Crippen molar-refractivity contribution in [3.05, 3.63) is 70.2 Å². The lowest BCUT2D eigenvalue weighted by Gasteiger charge is -2.24. The first-order chi connectivity index (χ1) is 15.1. The van der Waals surface area contributed by atoms with Crippen molar-refractivity contribution in [2.45, 2.75) is 31.2 Å². The van der Waals surface area contributed by atoms with Crippen LogP contribution >= 0.6 is 23.4 Å². The van der Waals surface area contributed by atoms with Crippen LogP contribution in [0.5, 0.6) is 0 Å². The number of carbonyl (C=O) groups is 2. The minimum atomic E-state index is -0.0410. The molecular weight excluding hydrogens is 430 g/mol. The second kappa shape index (κ2) is 10.5. The van der Waals surface area contributed by atoms with Crippen molar-refractivity contribution in [2.75, 3.05) is 31.9 Å². The normalized spacial score (nSPS) is 19.2. The zero-order chi connectivity index (χ0) is 21.6. The predicted molar refractivity (Wildman–Crippen MR) is 126 cm³/mol. The monoisotopic (exact) mass is 457 g/mol. The van der Waals surface area contributed by atoms with Gasteiger partial charge in [-0.3, -0.25) is 9.59 Å². The van der Waals surface area contributed by atoms with Crippen molar-refractivity contribution in [2.24, 2.45) is 0 Å². The molecule has 164 valence electrons. The number of carbonyl (C=O) groups excluding carboxylic acids is 2. The second-order valence-corrected chi connectivity index (χ2v) is 9.60. The Balaban J connectivity index is 1.32. The number of likely N-dealkylation sites (tertiary alicyclic amines) is 1. The van der Waals surface area contributed by atoms with Crippen LogP contribution in [0.2, 0.25) is 5.02 Å². The summed E-state index contributed by atoms with van der Waals surface area (Å²) >= 11 is 7.59. The van der Waals surface area contributed by atoms with Crippen LogP contribution in [0.25, 0.3) is 0 Å². The summed E-state index contributed by atoms with van der Waals surface area (Å²) in [4.78, 5) is 29.3. The van der Waals surface area contributed by atoms with Crippen LogP contribution in [0, 0.1) is 0 Å². The van der Waals surface area contributed by atoms with E-state index in [0.717, 1.165) is 24.1 Å². The third-order valence-corrected chi connectivity index (χ3v) is 7.34. The van der Waals surface area contributed by atoms with Gasteiger partial charge in [0.25, 0.3) is 5.91 Å². The van der Waals surface area contributed by atoms with E-state index in [9.17, 15) is 9.59 Å². The highest BCUT2D eigenvalue weighted by molar-refractivity contribution is 8.00. The molecule has 0 aliphatic carbocycles. The van der Waals surface area contributed by atoms with E-state index in [0.29, 0.717) is 29.4 Å². The van der Waals surface area contributed by atoms with Gasteiger partial charge in [0.05, 0.1) is 5.75 Å². The molecule has 0 radical (unpaired) electrons. The summed E-state index contributed by atoms with van der Waals surface area (Å²) in [6, 6.07) is 15.2. The van der Waals surface area contributed by atoms with Crippen molar-refractivity contribution in [1.29, 1.82) is 0 Å². The van der Waals surface area contributed by atoms with Crippen molar-refractivity contribution >= 4 is 35.2 Å². The van der Waals surface area contributed by atoms with E-state index in [4.69, 9.17) is 11.6 Å². The van der Waals surface area contributed by atoms with Gasteiger partial charge in [0.15, 0.2) is 0 Å². The van der Waals surface area contributed by atoms with Crippen LogP contribution in [0.1, 0.15) is 46.1 Å². The third-order valence-electron chi connectivity index (χ3n) is 5.83. The predicted octanol–water partition coefficient (Wildman–Crippen LogP) is 4.33. The first-order valence-electron chi connectivity index (χ1n) is 10.9. The smallest absolute Gasteiger partial charge is 0.251 e. The summed E-state index contributed by atoms with van der Waals surface area (Å²) in [5.41, 5.74) is 2.74. The van der Waals surface area contributed by atoms with Crippen LogP contribution in [0.4, 0.5) is 0 Å². The van der Waals surface area contributed by atoms with Crippen molar-refractivity contribution in [3.63, 3.8) is 0 Å². The minimum absolute atomic E-state index is 0.0406. The van der Waals surface area contributed by atoms with Gasteiger partial charge in [-0.2, -0.15) is 0 Å². The van der Waals surface area contributed by atoms with Crippen LogP contribution in [-0.2, 0) is 11.3 Å². The average Bonchev–Trinajstić information content (AvgIpc) is 3.43. The maximum atomic E-state index is 12.5. The Bertz CT molecular complexity index is 898. The number of nitrogens with zero attached hydrogens (tertiary/aromatic N) is 2. The van der Waals surface area contributed by atoms with Crippen LogP contribution in [0.3, 0.4) is 0 Å². The molecule has 1 N–H and O–H groups in total. The second-order valence-electron chi connectivity index (χ2n) is 8.09. The van der Waals surface area contributed by atoms with E-state index in [1.807, 2.05) is 53.4 Å². The molecule has 5 nitrogen and oxygen atoms in total. The number of nitrogens with one attached hydrogen (secondary N) is 1. The molecule has 2 aromatic carbocycles. The molecule has 0 bridgehead atoms.